The maximum atomic E-state index is 13.0. The van der Waals surface area contributed by atoms with Crippen LogP contribution >= 0.6 is 0 Å². The Hall–Kier alpha value is -2.43. The third-order valence-corrected chi connectivity index (χ3v) is 5.19. The zero-order valence-corrected chi connectivity index (χ0v) is 17.4. The van der Waals surface area contributed by atoms with E-state index in [1.807, 2.05) is 6.92 Å². The fraction of sp³-hybridized carbons (Fsp3) is 0.500. The van der Waals surface area contributed by atoms with Crippen LogP contribution in [0.5, 0.6) is 0 Å². The number of aryl methyl sites for hydroxylation is 4. The van der Waals surface area contributed by atoms with Gasteiger partial charge in [-0.25, -0.2) is 9.97 Å². The molecule has 0 unspecified atom stereocenters. The Labute approximate surface area is 162 Å². The number of rotatable bonds is 6. The second-order valence-corrected chi connectivity index (χ2v) is 7.48. The third kappa shape index (κ3) is 3.55. The quantitative estimate of drug-likeness (QED) is 0.743. The molecule has 0 amide bonds. The van der Waals surface area contributed by atoms with Gasteiger partial charge in [0.05, 0.1) is 6.54 Å². The van der Waals surface area contributed by atoms with E-state index in [4.69, 9.17) is 4.98 Å². The monoisotopic (exact) mass is 366 g/mol. The fourth-order valence-electron chi connectivity index (χ4n) is 4.06. The van der Waals surface area contributed by atoms with Crippen molar-refractivity contribution in [2.24, 2.45) is 0 Å². The van der Waals surface area contributed by atoms with Gasteiger partial charge in [0.25, 0.3) is 0 Å². The van der Waals surface area contributed by atoms with Crippen molar-refractivity contribution in [3.8, 4) is 0 Å². The molecule has 1 aliphatic rings. The molecule has 3 rings (SSSR count). The summed E-state index contributed by atoms with van der Waals surface area (Å²) < 4.78 is 0. The number of hydrogen-bond acceptors (Lipinski definition) is 5. The number of carbonyl (C=O) groups is 1. The van der Waals surface area contributed by atoms with Crippen LogP contribution in [0.15, 0.2) is 12.1 Å². The van der Waals surface area contributed by atoms with Crippen molar-refractivity contribution < 1.29 is 4.79 Å². The van der Waals surface area contributed by atoms with Crippen LogP contribution in [-0.2, 0) is 0 Å². The predicted octanol–water partition coefficient (Wildman–Crippen LogP) is 4.67. The summed E-state index contributed by atoms with van der Waals surface area (Å²) in [6.45, 7) is 14.6. The van der Waals surface area contributed by atoms with E-state index in [0.29, 0.717) is 17.9 Å². The molecular formula is C22H30N4O. The summed E-state index contributed by atoms with van der Waals surface area (Å²) in [4.78, 5) is 26.7. The van der Waals surface area contributed by atoms with E-state index in [0.717, 1.165) is 43.3 Å². The van der Waals surface area contributed by atoms with E-state index < -0.39 is 0 Å². The van der Waals surface area contributed by atoms with Crippen LogP contribution in [0.3, 0.4) is 0 Å². The van der Waals surface area contributed by atoms with Crippen LogP contribution in [0, 0.1) is 27.7 Å². The molecular weight excluding hydrogens is 336 g/mol. The SMILES string of the molecule is CCCCN(CC)c1nc(C)nc2c1C(=O)CN2c1c(C)cc(C)cc1C. The Morgan fingerprint density at radius 1 is 1.07 bits per heavy atom. The van der Waals surface area contributed by atoms with Crippen molar-refractivity contribution in [3.63, 3.8) is 0 Å². The first-order valence-electron chi connectivity index (χ1n) is 9.89. The van der Waals surface area contributed by atoms with Gasteiger partial charge in [-0.1, -0.05) is 31.0 Å². The molecule has 2 aromatic rings. The second kappa shape index (κ2) is 7.67. The number of hydrogen-bond donors (Lipinski definition) is 0. The van der Waals surface area contributed by atoms with E-state index in [9.17, 15) is 4.79 Å². The number of unbranched alkanes of at least 4 members (excludes halogenated alkanes) is 1. The minimum absolute atomic E-state index is 0.106. The van der Waals surface area contributed by atoms with Crippen molar-refractivity contribution in [1.82, 2.24) is 9.97 Å². The maximum absolute atomic E-state index is 13.0. The number of Topliss-reactive ketones (excluding diaryl/α,β-unsaturated/α-hetero) is 1. The van der Waals surface area contributed by atoms with Gasteiger partial charge in [0.1, 0.15) is 23.0 Å². The molecule has 0 saturated heterocycles. The molecule has 0 N–H and O–H groups in total. The van der Waals surface area contributed by atoms with Gasteiger partial charge >= 0.3 is 0 Å². The molecule has 27 heavy (non-hydrogen) atoms. The Bertz CT molecular complexity index is 852. The Morgan fingerprint density at radius 3 is 2.33 bits per heavy atom. The summed E-state index contributed by atoms with van der Waals surface area (Å²) in [5, 5.41) is 0. The largest absolute Gasteiger partial charge is 0.356 e. The lowest BCUT2D eigenvalue weighted by molar-refractivity contribution is 0.101. The molecule has 144 valence electrons. The molecule has 1 aromatic carbocycles. The molecule has 2 heterocycles. The number of nitrogens with zero attached hydrogens (tertiary/aromatic N) is 4. The smallest absolute Gasteiger partial charge is 0.190 e. The van der Waals surface area contributed by atoms with E-state index >= 15 is 0 Å². The zero-order chi connectivity index (χ0) is 19.7. The number of anilines is 3. The first kappa shape index (κ1) is 19.3. The van der Waals surface area contributed by atoms with Crippen molar-refractivity contribution in [2.75, 3.05) is 29.4 Å². The van der Waals surface area contributed by atoms with Gasteiger partial charge in [0.15, 0.2) is 5.78 Å². The lowest BCUT2D eigenvalue weighted by Gasteiger charge is -2.26. The normalized spacial score (nSPS) is 13.3. The van der Waals surface area contributed by atoms with Gasteiger partial charge in [-0.15, -0.1) is 0 Å². The zero-order valence-electron chi connectivity index (χ0n) is 17.4. The molecule has 1 aliphatic heterocycles. The summed E-state index contributed by atoms with van der Waals surface area (Å²) in [5.41, 5.74) is 5.34. The minimum atomic E-state index is 0.106. The highest BCUT2D eigenvalue weighted by atomic mass is 16.1. The predicted molar refractivity (Wildman–Crippen MR) is 112 cm³/mol. The Balaban J connectivity index is 2.14. The van der Waals surface area contributed by atoms with Gasteiger partial charge in [0.2, 0.25) is 0 Å². The number of benzene rings is 1. The summed E-state index contributed by atoms with van der Waals surface area (Å²) in [5.74, 6) is 2.37. The van der Waals surface area contributed by atoms with E-state index in [-0.39, 0.29) is 5.78 Å². The lowest BCUT2D eigenvalue weighted by Crippen LogP contribution is -2.27. The summed E-state index contributed by atoms with van der Waals surface area (Å²) in [6.07, 6.45) is 2.20. The van der Waals surface area contributed by atoms with Crippen molar-refractivity contribution in [2.45, 2.75) is 54.4 Å². The van der Waals surface area contributed by atoms with E-state index in [1.54, 1.807) is 0 Å². The Morgan fingerprint density at radius 2 is 1.74 bits per heavy atom. The van der Waals surface area contributed by atoms with E-state index in [2.05, 4.69) is 61.5 Å². The minimum Gasteiger partial charge on any atom is -0.356 e. The highest BCUT2D eigenvalue weighted by Gasteiger charge is 2.35. The first-order valence-corrected chi connectivity index (χ1v) is 9.89. The average molecular weight is 367 g/mol. The standard InChI is InChI=1S/C22H30N4O/c1-7-9-10-25(8-2)21-19-18(27)13-26(22(19)24-17(6)23-21)20-15(4)11-14(3)12-16(20)5/h11-12H,7-10,13H2,1-6H3. The van der Waals surface area contributed by atoms with Gasteiger partial charge < -0.3 is 9.80 Å². The second-order valence-electron chi connectivity index (χ2n) is 7.48. The molecule has 0 radical (unpaired) electrons. The van der Waals surface area contributed by atoms with Crippen molar-refractivity contribution in [1.29, 1.82) is 0 Å². The Kier molecular flexibility index (Phi) is 5.49. The highest BCUT2D eigenvalue weighted by molar-refractivity contribution is 6.13. The van der Waals surface area contributed by atoms with Crippen LogP contribution in [0.4, 0.5) is 17.3 Å². The molecule has 5 nitrogen and oxygen atoms in total. The van der Waals surface area contributed by atoms with Crippen molar-refractivity contribution in [3.05, 3.63) is 40.2 Å². The van der Waals surface area contributed by atoms with Crippen LogP contribution in [-0.4, -0.2) is 35.4 Å². The first-order chi connectivity index (χ1) is 12.9. The lowest BCUT2D eigenvalue weighted by atomic mass is 10.0. The van der Waals surface area contributed by atoms with Crippen LogP contribution in [0.25, 0.3) is 0 Å². The highest BCUT2D eigenvalue weighted by Crippen LogP contribution is 2.40. The average Bonchev–Trinajstić information content (AvgIpc) is 2.91. The molecule has 0 saturated carbocycles. The molecule has 0 spiro atoms. The van der Waals surface area contributed by atoms with Gasteiger partial charge in [-0.2, -0.15) is 0 Å². The van der Waals surface area contributed by atoms with Gasteiger partial charge in [-0.3, -0.25) is 4.79 Å². The molecule has 0 atom stereocenters. The molecule has 1 aromatic heterocycles. The van der Waals surface area contributed by atoms with Crippen LogP contribution < -0.4 is 9.80 Å². The molecule has 5 heteroatoms. The molecule has 0 fully saturated rings. The van der Waals surface area contributed by atoms with Crippen LogP contribution in [0.1, 0.15) is 59.6 Å². The fourth-order valence-corrected chi connectivity index (χ4v) is 4.06. The van der Waals surface area contributed by atoms with Crippen LogP contribution in [0.2, 0.25) is 0 Å². The summed E-state index contributed by atoms with van der Waals surface area (Å²) >= 11 is 0. The molecule has 0 bridgehead atoms. The number of aromatic nitrogens is 2. The van der Waals surface area contributed by atoms with Gasteiger partial charge in [-0.05, 0) is 52.2 Å². The van der Waals surface area contributed by atoms with Gasteiger partial charge in [0, 0.05) is 18.8 Å². The van der Waals surface area contributed by atoms with E-state index in [1.165, 1.54) is 16.7 Å². The number of fused-ring (bicyclic) bond motifs is 1. The number of ketones is 1. The maximum Gasteiger partial charge on any atom is 0.190 e. The van der Waals surface area contributed by atoms with Crippen molar-refractivity contribution >= 4 is 23.1 Å². The third-order valence-electron chi connectivity index (χ3n) is 5.19. The summed E-state index contributed by atoms with van der Waals surface area (Å²) in [7, 11) is 0. The molecule has 0 aliphatic carbocycles. The topological polar surface area (TPSA) is 49.3 Å². The summed E-state index contributed by atoms with van der Waals surface area (Å²) in [6, 6.07) is 4.33. The number of carbonyl (C=O) groups excluding carboxylic acids is 1.